The molecule has 2 N–H and O–H groups in total. The largest absolute Gasteiger partial charge is 0.508 e. The molecule has 6 heteroatoms. The summed E-state index contributed by atoms with van der Waals surface area (Å²) < 4.78 is 5.23. The van der Waals surface area contributed by atoms with E-state index in [1.54, 1.807) is 39.8 Å². The zero-order chi connectivity index (χ0) is 16.2. The monoisotopic (exact) mass is 295 g/mol. The van der Waals surface area contributed by atoms with Gasteiger partial charge in [-0.05, 0) is 33.8 Å². The number of carboxylic acids is 1. The Bertz CT molecular complexity index is 521. The molecule has 0 aliphatic heterocycles. The Balaban J connectivity index is 3.17. The van der Waals surface area contributed by atoms with Crippen LogP contribution in [0.2, 0.25) is 0 Å². The number of amides is 1. The number of ether oxygens (including phenoxy) is 1. The van der Waals surface area contributed by atoms with Gasteiger partial charge in [0.25, 0.3) is 0 Å². The topological polar surface area (TPSA) is 87.1 Å². The summed E-state index contributed by atoms with van der Waals surface area (Å²) in [5, 5.41) is 19.3. The van der Waals surface area contributed by atoms with Gasteiger partial charge in [0.05, 0.1) is 0 Å². The number of likely N-dealkylation sites (N-methyl/N-ethyl adjacent to an activating group) is 1. The maximum absolute atomic E-state index is 12.2. The molecule has 1 aromatic rings. The summed E-state index contributed by atoms with van der Waals surface area (Å²) in [5.41, 5.74) is -0.579. The van der Waals surface area contributed by atoms with E-state index in [0.717, 1.165) is 4.90 Å². The Morgan fingerprint density at radius 2 is 1.86 bits per heavy atom. The van der Waals surface area contributed by atoms with Crippen molar-refractivity contribution in [2.45, 2.75) is 39.3 Å². The molecule has 0 fully saturated rings. The molecule has 0 saturated carbocycles. The van der Waals surface area contributed by atoms with Crippen LogP contribution in [0.5, 0.6) is 5.75 Å². The molecule has 0 saturated heterocycles. The van der Waals surface area contributed by atoms with Crippen molar-refractivity contribution in [2.24, 2.45) is 0 Å². The maximum atomic E-state index is 12.2. The molecule has 0 aromatic heterocycles. The number of hydrogen-bond donors (Lipinski definition) is 2. The second-order valence-electron chi connectivity index (χ2n) is 5.57. The van der Waals surface area contributed by atoms with Crippen molar-refractivity contribution in [3.05, 3.63) is 29.8 Å². The van der Waals surface area contributed by atoms with Crippen LogP contribution >= 0.6 is 0 Å². The first-order chi connectivity index (χ1) is 9.67. The number of para-hydroxylation sites is 1. The summed E-state index contributed by atoms with van der Waals surface area (Å²) in [4.78, 5) is 24.8. The maximum Gasteiger partial charge on any atom is 0.411 e. The smallest absolute Gasteiger partial charge is 0.411 e. The third-order valence-electron chi connectivity index (χ3n) is 2.75. The van der Waals surface area contributed by atoms with Crippen LogP contribution in [-0.2, 0) is 9.53 Å². The number of nitrogens with zero attached hydrogens (tertiary/aromatic N) is 1. The number of phenolic OH excluding ortho intramolecular Hbond substituents is 1. The summed E-state index contributed by atoms with van der Waals surface area (Å²) in [6.45, 7) is 6.90. The molecule has 0 spiro atoms. The van der Waals surface area contributed by atoms with E-state index in [2.05, 4.69) is 0 Å². The Morgan fingerprint density at radius 1 is 1.29 bits per heavy atom. The molecule has 0 bridgehead atoms. The number of carbonyl (C=O) groups excluding carboxylic acids is 1. The van der Waals surface area contributed by atoms with Gasteiger partial charge < -0.3 is 14.9 Å². The van der Waals surface area contributed by atoms with Crippen LogP contribution in [0.1, 0.15) is 39.3 Å². The second kappa shape index (κ2) is 6.47. The van der Waals surface area contributed by atoms with E-state index in [0.29, 0.717) is 0 Å². The van der Waals surface area contributed by atoms with E-state index in [-0.39, 0.29) is 17.9 Å². The van der Waals surface area contributed by atoms with Gasteiger partial charge in [-0.2, -0.15) is 0 Å². The minimum absolute atomic E-state index is 0.139. The van der Waals surface area contributed by atoms with Crippen LogP contribution in [0.3, 0.4) is 0 Å². The van der Waals surface area contributed by atoms with E-state index in [4.69, 9.17) is 4.74 Å². The highest BCUT2D eigenvalue weighted by Gasteiger charge is 2.34. The van der Waals surface area contributed by atoms with Gasteiger partial charge in [0, 0.05) is 12.1 Å². The fraction of sp³-hybridized carbons (Fsp3) is 0.467. The number of phenols is 1. The molecular formula is C15H21NO5. The lowest BCUT2D eigenvalue weighted by Gasteiger charge is -2.31. The lowest BCUT2D eigenvalue weighted by Crippen LogP contribution is -2.42. The van der Waals surface area contributed by atoms with Crippen LogP contribution < -0.4 is 0 Å². The van der Waals surface area contributed by atoms with Crippen LogP contribution in [0.25, 0.3) is 0 Å². The van der Waals surface area contributed by atoms with Crippen molar-refractivity contribution in [3.8, 4) is 5.75 Å². The van der Waals surface area contributed by atoms with Crippen LogP contribution in [0, 0.1) is 0 Å². The summed E-state index contributed by atoms with van der Waals surface area (Å²) in [6, 6.07) is 4.75. The predicted octanol–water partition coefficient (Wildman–Crippen LogP) is 2.77. The van der Waals surface area contributed by atoms with E-state index in [1.807, 2.05) is 0 Å². The van der Waals surface area contributed by atoms with Crippen molar-refractivity contribution in [3.63, 3.8) is 0 Å². The molecule has 116 valence electrons. The first-order valence-corrected chi connectivity index (χ1v) is 6.67. The summed E-state index contributed by atoms with van der Waals surface area (Å²) >= 11 is 0. The number of hydrogen-bond acceptors (Lipinski definition) is 4. The number of aromatic hydroxyl groups is 1. The number of benzene rings is 1. The molecule has 0 aliphatic carbocycles. The van der Waals surface area contributed by atoms with Gasteiger partial charge in [-0.25, -0.2) is 9.59 Å². The first kappa shape index (κ1) is 16.8. The molecule has 1 aromatic carbocycles. The van der Waals surface area contributed by atoms with Gasteiger partial charge in [0.1, 0.15) is 11.4 Å². The Hall–Kier alpha value is -2.24. The molecule has 0 radical (unpaired) electrons. The Kier molecular flexibility index (Phi) is 5.18. The average molecular weight is 295 g/mol. The molecule has 6 nitrogen and oxygen atoms in total. The van der Waals surface area contributed by atoms with Gasteiger partial charge in [-0.1, -0.05) is 18.2 Å². The quantitative estimate of drug-likeness (QED) is 0.891. The molecule has 21 heavy (non-hydrogen) atoms. The SMILES string of the molecule is CCN(C(=O)OC(C)(C)C)C(C(=O)O)c1ccccc1O. The third-order valence-corrected chi connectivity index (χ3v) is 2.75. The normalized spacial score (nSPS) is 12.6. The lowest BCUT2D eigenvalue weighted by molar-refractivity contribution is -0.143. The summed E-state index contributed by atoms with van der Waals surface area (Å²) in [6.07, 6.45) is -0.736. The Morgan fingerprint density at radius 3 is 2.29 bits per heavy atom. The van der Waals surface area contributed by atoms with E-state index >= 15 is 0 Å². The molecule has 1 unspecified atom stereocenters. The number of aliphatic carboxylic acids is 1. The standard InChI is InChI=1S/C15H21NO5/c1-5-16(14(20)21-15(2,3)4)12(13(18)19)10-8-6-7-9-11(10)17/h6-9,12,17H,5H2,1-4H3,(H,18,19). The van der Waals surface area contributed by atoms with Gasteiger partial charge in [-0.3, -0.25) is 4.90 Å². The number of carbonyl (C=O) groups is 2. The predicted molar refractivity (Wildman–Crippen MR) is 77.1 cm³/mol. The van der Waals surface area contributed by atoms with E-state index in [9.17, 15) is 19.8 Å². The van der Waals surface area contributed by atoms with Crippen LogP contribution in [0.15, 0.2) is 24.3 Å². The first-order valence-electron chi connectivity index (χ1n) is 6.67. The molecule has 0 heterocycles. The highest BCUT2D eigenvalue weighted by Crippen LogP contribution is 2.29. The van der Waals surface area contributed by atoms with Crippen molar-refractivity contribution in [2.75, 3.05) is 6.54 Å². The highest BCUT2D eigenvalue weighted by molar-refractivity contribution is 5.82. The number of carboxylic acid groups (broad SMARTS) is 1. The molecule has 0 aliphatic rings. The van der Waals surface area contributed by atoms with Crippen LogP contribution in [0.4, 0.5) is 4.79 Å². The van der Waals surface area contributed by atoms with Crippen molar-refractivity contribution < 1.29 is 24.5 Å². The Labute approximate surface area is 124 Å². The zero-order valence-corrected chi connectivity index (χ0v) is 12.7. The van der Waals surface area contributed by atoms with E-state index in [1.165, 1.54) is 12.1 Å². The number of rotatable bonds is 4. The van der Waals surface area contributed by atoms with E-state index < -0.39 is 23.7 Å². The van der Waals surface area contributed by atoms with Gasteiger partial charge >= 0.3 is 12.1 Å². The van der Waals surface area contributed by atoms with Crippen molar-refractivity contribution >= 4 is 12.1 Å². The van der Waals surface area contributed by atoms with Gasteiger partial charge in [0.15, 0.2) is 6.04 Å². The summed E-state index contributed by atoms with van der Waals surface area (Å²) in [7, 11) is 0. The minimum Gasteiger partial charge on any atom is -0.508 e. The second-order valence-corrected chi connectivity index (χ2v) is 5.57. The zero-order valence-electron chi connectivity index (χ0n) is 12.7. The van der Waals surface area contributed by atoms with Gasteiger partial charge in [-0.15, -0.1) is 0 Å². The summed E-state index contributed by atoms with van der Waals surface area (Å²) in [5.74, 6) is -1.41. The molecule has 1 atom stereocenters. The molecule has 1 rings (SSSR count). The van der Waals surface area contributed by atoms with Crippen molar-refractivity contribution in [1.82, 2.24) is 4.90 Å². The fourth-order valence-corrected chi connectivity index (χ4v) is 1.89. The van der Waals surface area contributed by atoms with Crippen molar-refractivity contribution in [1.29, 1.82) is 0 Å². The molecular weight excluding hydrogens is 274 g/mol. The highest BCUT2D eigenvalue weighted by atomic mass is 16.6. The van der Waals surface area contributed by atoms with Gasteiger partial charge in [0.2, 0.25) is 0 Å². The average Bonchev–Trinajstić information content (AvgIpc) is 2.34. The lowest BCUT2D eigenvalue weighted by atomic mass is 10.0. The third kappa shape index (κ3) is 4.37. The minimum atomic E-state index is -1.30. The van der Waals surface area contributed by atoms with Crippen LogP contribution in [-0.4, -0.2) is 39.3 Å². The fourth-order valence-electron chi connectivity index (χ4n) is 1.89. The molecule has 1 amide bonds.